The molecular weight excluding hydrogens is 1100 g/mol. The fourth-order valence-electron chi connectivity index (χ4n) is 5.43. The van der Waals surface area contributed by atoms with Crippen molar-refractivity contribution in [2.45, 2.75) is 60.0 Å². The second kappa shape index (κ2) is 22.7. The summed E-state index contributed by atoms with van der Waals surface area (Å²) in [5, 5.41) is 38.1. The summed E-state index contributed by atoms with van der Waals surface area (Å²) >= 11 is 0. The Kier molecular flexibility index (Phi) is 21.9. The number of hydrogen-bond acceptors (Lipinski definition) is 14. The van der Waals surface area contributed by atoms with Gasteiger partial charge in [-0.2, -0.15) is 78.9 Å². The molecule has 0 aromatic carbocycles. The Labute approximate surface area is 382 Å². The summed E-state index contributed by atoms with van der Waals surface area (Å²) in [6, 6.07) is 0. The molecule has 16 nitrogen and oxygen atoms in total. The molecule has 375 valence electrons. The Morgan fingerprint density at radius 3 is 1.17 bits per heavy atom. The number of aliphatic hydroxyl groups is 1. The predicted molar refractivity (Wildman–Crippen MR) is 167 cm³/mol. The number of carboxylic acid groups (broad SMARTS) is 3. The third-order valence-corrected chi connectivity index (χ3v) is 11.0. The zero-order valence-corrected chi connectivity index (χ0v) is 35.3. The molecule has 0 aliphatic carbocycles. The summed E-state index contributed by atoms with van der Waals surface area (Å²) in [5.41, 5.74) is 0. The summed E-state index contributed by atoms with van der Waals surface area (Å²) in [6.45, 7) is -8.40. The van der Waals surface area contributed by atoms with E-state index in [1.807, 2.05) is 0 Å². The molecule has 1 aliphatic rings. The number of aliphatic carboxylic acids is 3. The second-order valence-electron chi connectivity index (χ2n) is 13.6. The van der Waals surface area contributed by atoms with Crippen molar-refractivity contribution < 1.29 is 163 Å². The Hall–Kier alpha value is -2.28. The van der Waals surface area contributed by atoms with Crippen LogP contribution in [-0.4, -0.2) is 212 Å². The molecule has 1 atom stereocenters. The zero-order valence-electron chi connectivity index (χ0n) is 32.2. The number of sulfonamides is 1. The van der Waals surface area contributed by atoms with Crippen molar-refractivity contribution in [3.63, 3.8) is 0 Å². The van der Waals surface area contributed by atoms with Crippen molar-refractivity contribution >= 4 is 33.8 Å². The molecule has 0 aromatic rings. The number of aliphatic hydroxyl groups excluding tert-OH is 1. The maximum atomic E-state index is 14.8. The zero-order chi connectivity index (χ0) is 49.6. The SMILES string of the molecule is CCN(CC(=O)NCC(O)CN1CCN(CC(=O)[O-])CCN(CC(=O)[O-])CCN(CC(=O)[O-])CC1)S(=O)(=O)C(F)(F)C(F)(F)C(F)(F)C(F)(F)C(F)(F)C(F)(F)C(F)(F)C(F)(F)F.[Gd+3]. The van der Waals surface area contributed by atoms with Gasteiger partial charge in [0.25, 0.3) is 10.0 Å². The van der Waals surface area contributed by atoms with Gasteiger partial charge in [-0.15, -0.1) is 0 Å². The number of nitrogens with zero attached hydrogens (tertiary/aromatic N) is 5. The molecule has 2 N–H and O–H groups in total. The van der Waals surface area contributed by atoms with Gasteiger partial charge in [0.05, 0.1) is 30.6 Å². The van der Waals surface area contributed by atoms with Crippen LogP contribution in [-0.2, 0) is 29.2 Å². The Balaban J connectivity index is 0.0000397. The third-order valence-electron chi connectivity index (χ3n) is 9.02. The molecule has 0 bridgehead atoms. The first-order valence-electron chi connectivity index (χ1n) is 17.3. The van der Waals surface area contributed by atoms with Gasteiger partial charge >= 0.3 is 86.9 Å². The van der Waals surface area contributed by atoms with Gasteiger partial charge in [-0.3, -0.25) is 24.4 Å². The molecule has 1 unspecified atom stereocenters. The van der Waals surface area contributed by atoms with Crippen LogP contribution in [0.15, 0.2) is 0 Å². The number of alkyl halides is 17. The topological polar surface area (TPSA) is 220 Å². The quantitative estimate of drug-likeness (QED) is 0.114. The number of nitrogens with one attached hydrogen (secondary N) is 1. The van der Waals surface area contributed by atoms with Gasteiger partial charge in [-0.05, 0) is 0 Å². The smallest absolute Gasteiger partial charge is 0.549 e. The monoisotopic (exact) mass is 1140 g/mol. The van der Waals surface area contributed by atoms with Crippen LogP contribution in [0.3, 0.4) is 0 Å². The van der Waals surface area contributed by atoms with Gasteiger partial charge in [0, 0.05) is 91.6 Å². The van der Waals surface area contributed by atoms with Gasteiger partial charge < -0.3 is 40.1 Å². The summed E-state index contributed by atoms with van der Waals surface area (Å²) in [6.07, 6.45) is -9.82. The van der Waals surface area contributed by atoms with Crippen LogP contribution >= 0.6 is 0 Å². The summed E-state index contributed by atoms with van der Waals surface area (Å²) in [5.74, 6) is -59.4. The summed E-state index contributed by atoms with van der Waals surface area (Å²) < 4.78 is 257. The van der Waals surface area contributed by atoms with Crippen molar-refractivity contribution in [2.24, 2.45) is 0 Å². The molecule has 0 aromatic heterocycles. The van der Waals surface area contributed by atoms with Crippen LogP contribution in [0, 0.1) is 39.9 Å². The largest absolute Gasteiger partial charge is 3.00 e. The molecule has 64 heavy (non-hydrogen) atoms. The van der Waals surface area contributed by atoms with E-state index in [0.717, 1.165) is 0 Å². The first-order chi connectivity index (χ1) is 28.2. The third kappa shape index (κ3) is 13.7. The second-order valence-corrected chi connectivity index (χ2v) is 15.6. The Morgan fingerprint density at radius 2 is 0.875 bits per heavy atom. The van der Waals surface area contributed by atoms with Gasteiger partial charge in [-0.25, -0.2) is 8.42 Å². The molecule has 1 saturated heterocycles. The molecule has 0 spiro atoms. The van der Waals surface area contributed by atoms with E-state index < -0.39 is 137 Å². The minimum absolute atomic E-state index is 0. The Bertz CT molecular complexity index is 1690. The van der Waals surface area contributed by atoms with E-state index in [2.05, 4.69) is 0 Å². The number of carbonyl (C=O) groups excluding carboxylic acids is 4. The van der Waals surface area contributed by atoms with E-state index >= 15 is 0 Å². The van der Waals surface area contributed by atoms with Gasteiger partial charge in [0.15, 0.2) is 0 Å². The molecule has 1 amide bonds. The van der Waals surface area contributed by atoms with Gasteiger partial charge in [0.1, 0.15) is 0 Å². The van der Waals surface area contributed by atoms with Crippen LogP contribution < -0.4 is 20.6 Å². The predicted octanol–water partition coefficient (Wildman–Crippen LogP) is -2.45. The van der Waals surface area contributed by atoms with E-state index in [1.165, 1.54) is 19.6 Å². The molecule has 0 saturated carbocycles. The van der Waals surface area contributed by atoms with Crippen LogP contribution in [0.5, 0.6) is 0 Å². The number of β-amino-alcohol motifs (C(OH)–C–C–N with tert-alkyl or cyclic N) is 1. The maximum Gasteiger partial charge on any atom is 3.00 e. The van der Waals surface area contributed by atoms with Crippen molar-refractivity contribution in [1.82, 2.24) is 29.2 Å². The molecule has 1 fully saturated rings. The van der Waals surface area contributed by atoms with Gasteiger partial charge in [0.2, 0.25) is 5.91 Å². The van der Waals surface area contributed by atoms with Crippen LogP contribution in [0.25, 0.3) is 0 Å². The van der Waals surface area contributed by atoms with Crippen LogP contribution in [0.1, 0.15) is 6.92 Å². The average Bonchev–Trinajstić information content (AvgIpc) is 3.12. The van der Waals surface area contributed by atoms with Crippen LogP contribution in [0.4, 0.5) is 74.6 Å². The molecular formula is C29H36F17GdN6O10S. The molecule has 1 rings (SSSR count). The number of rotatable bonds is 21. The minimum atomic E-state index is -9.05. The first-order valence-corrected chi connectivity index (χ1v) is 18.8. The van der Waals surface area contributed by atoms with Crippen LogP contribution in [0.2, 0.25) is 0 Å². The van der Waals surface area contributed by atoms with E-state index in [0.29, 0.717) is 6.92 Å². The van der Waals surface area contributed by atoms with E-state index in [-0.39, 0.29) is 92.3 Å². The number of halogens is 17. The van der Waals surface area contributed by atoms with E-state index in [1.54, 1.807) is 5.32 Å². The molecule has 1 radical (unpaired) electrons. The fourth-order valence-corrected chi connectivity index (χ4v) is 6.84. The van der Waals surface area contributed by atoms with Crippen molar-refractivity contribution in [2.75, 3.05) is 98.2 Å². The number of carbonyl (C=O) groups is 4. The van der Waals surface area contributed by atoms with Crippen molar-refractivity contribution in [3.05, 3.63) is 0 Å². The number of likely N-dealkylation sites (N-methyl/N-ethyl adjacent to an activating group) is 1. The van der Waals surface area contributed by atoms with E-state index in [4.69, 9.17) is 0 Å². The number of carboxylic acids is 3. The molecule has 35 heteroatoms. The number of hydrogen-bond donors (Lipinski definition) is 2. The summed E-state index contributed by atoms with van der Waals surface area (Å²) in [4.78, 5) is 51.4. The standard InChI is InChI=1S/C29H39F17N6O10S.Gd/c1-2-52(63(61,62)29(45,46)27(40,41)25(36,37)23(32,33)22(30,31)24(34,35)26(38,39)28(42,43)44)13-18(54)47-11-17(53)12-48-3-5-49(14-19(55)56)7-9-51(16-21(59)60)10-8-50(6-4-48)15-20(57)58;/h17,53H,2-16H2,1H3,(H,47,54)(H,55,56)(H,57,58)(H,59,60);/q;+3/p-3. The average molecular weight is 1140 g/mol. The maximum absolute atomic E-state index is 14.8. The molecule has 1 heterocycles. The van der Waals surface area contributed by atoms with E-state index in [9.17, 15) is 123 Å². The van der Waals surface area contributed by atoms with Crippen molar-refractivity contribution in [1.29, 1.82) is 0 Å². The minimum Gasteiger partial charge on any atom is -0.549 e. The fraction of sp³-hybridized carbons (Fsp3) is 0.862. The number of amides is 1. The summed E-state index contributed by atoms with van der Waals surface area (Å²) in [7, 11) is -7.79. The normalized spacial score (nSPS) is 18.1. The first kappa shape index (κ1) is 61.7. The Morgan fingerprint density at radius 1 is 0.578 bits per heavy atom. The van der Waals surface area contributed by atoms with Gasteiger partial charge in [-0.1, -0.05) is 6.92 Å². The molecule has 1 aliphatic heterocycles. The van der Waals surface area contributed by atoms with Crippen molar-refractivity contribution in [3.8, 4) is 0 Å².